The number of rotatable bonds is 6. The van der Waals surface area contributed by atoms with Gasteiger partial charge in [0.2, 0.25) is 0 Å². The maximum absolute atomic E-state index is 11.7. The highest BCUT2D eigenvalue weighted by molar-refractivity contribution is 5.72. The second-order valence-corrected chi connectivity index (χ2v) is 3.91. The molecular weight excluding hydrogens is 238 g/mol. The molecule has 0 aliphatic carbocycles. The number of hydrogen-bond acceptors (Lipinski definition) is 5. The normalized spacial score (nSPS) is 12.2. The highest BCUT2D eigenvalue weighted by Crippen LogP contribution is 2.04. The molecule has 1 unspecified atom stereocenters. The molecule has 1 atom stereocenters. The van der Waals surface area contributed by atoms with Crippen LogP contribution in [0.15, 0.2) is 17.1 Å². The SMILES string of the molecule is CCOC(Cn1ncc(N(C)C)cc1=O)C(=O)O. The van der Waals surface area contributed by atoms with Crippen molar-refractivity contribution >= 4 is 11.7 Å². The van der Waals surface area contributed by atoms with E-state index in [2.05, 4.69) is 5.10 Å². The van der Waals surface area contributed by atoms with Gasteiger partial charge in [0.05, 0.1) is 18.4 Å². The van der Waals surface area contributed by atoms with Gasteiger partial charge in [0.1, 0.15) is 0 Å². The lowest BCUT2D eigenvalue weighted by atomic mass is 10.3. The van der Waals surface area contributed by atoms with Crippen molar-refractivity contribution in [2.75, 3.05) is 25.6 Å². The molecule has 1 aromatic rings. The Labute approximate surface area is 105 Å². The Bertz CT molecular complexity index is 470. The van der Waals surface area contributed by atoms with Gasteiger partial charge >= 0.3 is 5.97 Å². The minimum absolute atomic E-state index is 0.101. The Morgan fingerprint density at radius 2 is 2.28 bits per heavy atom. The average molecular weight is 255 g/mol. The van der Waals surface area contributed by atoms with Gasteiger partial charge in [0, 0.05) is 26.8 Å². The molecule has 7 nitrogen and oxygen atoms in total. The zero-order chi connectivity index (χ0) is 13.7. The average Bonchev–Trinajstić information content (AvgIpc) is 2.30. The second kappa shape index (κ2) is 6.15. The van der Waals surface area contributed by atoms with Crippen molar-refractivity contribution in [3.05, 3.63) is 22.6 Å². The molecule has 0 aliphatic rings. The van der Waals surface area contributed by atoms with E-state index in [1.807, 2.05) is 0 Å². The summed E-state index contributed by atoms with van der Waals surface area (Å²) < 4.78 is 6.12. The van der Waals surface area contributed by atoms with Gasteiger partial charge in [0.15, 0.2) is 6.10 Å². The molecule has 0 aliphatic heterocycles. The van der Waals surface area contributed by atoms with E-state index in [1.165, 1.54) is 12.3 Å². The molecule has 0 fully saturated rings. The van der Waals surface area contributed by atoms with E-state index in [1.54, 1.807) is 25.9 Å². The fraction of sp³-hybridized carbons (Fsp3) is 0.545. The quantitative estimate of drug-likeness (QED) is 0.757. The van der Waals surface area contributed by atoms with Crippen LogP contribution < -0.4 is 10.5 Å². The number of nitrogens with zero attached hydrogens (tertiary/aromatic N) is 3. The molecule has 0 bridgehead atoms. The van der Waals surface area contributed by atoms with E-state index < -0.39 is 12.1 Å². The fourth-order valence-corrected chi connectivity index (χ4v) is 1.37. The fourth-order valence-electron chi connectivity index (χ4n) is 1.37. The first-order valence-electron chi connectivity index (χ1n) is 5.54. The first kappa shape index (κ1) is 14.2. The Morgan fingerprint density at radius 3 is 2.72 bits per heavy atom. The third kappa shape index (κ3) is 3.56. The molecule has 0 amide bonds. The lowest BCUT2D eigenvalue weighted by Gasteiger charge is -2.15. The zero-order valence-corrected chi connectivity index (χ0v) is 10.7. The highest BCUT2D eigenvalue weighted by Gasteiger charge is 2.19. The van der Waals surface area contributed by atoms with E-state index >= 15 is 0 Å². The maximum atomic E-state index is 11.7. The van der Waals surface area contributed by atoms with Crippen molar-refractivity contribution in [3.8, 4) is 0 Å². The summed E-state index contributed by atoms with van der Waals surface area (Å²) in [5, 5.41) is 12.8. The summed E-state index contributed by atoms with van der Waals surface area (Å²) in [4.78, 5) is 24.4. The van der Waals surface area contributed by atoms with Crippen molar-refractivity contribution in [1.82, 2.24) is 9.78 Å². The van der Waals surface area contributed by atoms with Crippen LogP contribution in [0, 0.1) is 0 Å². The van der Waals surface area contributed by atoms with Gasteiger partial charge in [-0.15, -0.1) is 0 Å². The monoisotopic (exact) mass is 255 g/mol. The molecular formula is C11H17N3O4. The van der Waals surface area contributed by atoms with Crippen molar-refractivity contribution in [2.45, 2.75) is 19.6 Å². The van der Waals surface area contributed by atoms with Gasteiger partial charge in [-0.05, 0) is 6.92 Å². The Morgan fingerprint density at radius 1 is 1.61 bits per heavy atom. The number of hydrogen-bond donors (Lipinski definition) is 1. The highest BCUT2D eigenvalue weighted by atomic mass is 16.5. The van der Waals surface area contributed by atoms with Crippen LogP contribution in [-0.2, 0) is 16.1 Å². The maximum Gasteiger partial charge on any atom is 0.334 e. The van der Waals surface area contributed by atoms with Crippen LogP contribution in [-0.4, -0.2) is 47.7 Å². The van der Waals surface area contributed by atoms with Crippen LogP contribution in [0.2, 0.25) is 0 Å². The van der Waals surface area contributed by atoms with Gasteiger partial charge in [-0.3, -0.25) is 4.79 Å². The van der Waals surface area contributed by atoms with Crippen molar-refractivity contribution in [3.63, 3.8) is 0 Å². The Balaban J connectivity index is 2.90. The molecule has 1 rings (SSSR count). The second-order valence-electron chi connectivity index (χ2n) is 3.91. The topological polar surface area (TPSA) is 84.7 Å². The predicted octanol–water partition coefficient (Wildman–Crippen LogP) is -0.201. The van der Waals surface area contributed by atoms with E-state index in [0.717, 1.165) is 4.68 Å². The summed E-state index contributed by atoms with van der Waals surface area (Å²) in [5.74, 6) is -1.11. The number of carboxylic acids is 1. The summed E-state index contributed by atoms with van der Waals surface area (Å²) in [6, 6.07) is 1.40. The van der Waals surface area contributed by atoms with E-state index in [-0.39, 0.29) is 18.7 Å². The molecule has 100 valence electrons. The first-order valence-corrected chi connectivity index (χ1v) is 5.54. The molecule has 1 aromatic heterocycles. The molecule has 0 saturated carbocycles. The van der Waals surface area contributed by atoms with Crippen molar-refractivity contribution < 1.29 is 14.6 Å². The third-order valence-corrected chi connectivity index (χ3v) is 2.35. The first-order chi connectivity index (χ1) is 8.45. The van der Waals surface area contributed by atoms with Crippen LogP contribution in [0.5, 0.6) is 0 Å². The molecule has 0 spiro atoms. The van der Waals surface area contributed by atoms with Crippen molar-refractivity contribution in [2.24, 2.45) is 0 Å². The van der Waals surface area contributed by atoms with Crippen LogP contribution in [0.1, 0.15) is 6.92 Å². The van der Waals surface area contributed by atoms with E-state index in [9.17, 15) is 9.59 Å². The lowest BCUT2D eigenvalue weighted by Crippen LogP contribution is -2.35. The summed E-state index contributed by atoms with van der Waals surface area (Å²) in [6.07, 6.45) is 0.442. The minimum atomic E-state index is -1.11. The number of carbonyl (C=O) groups is 1. The molecule has 0 radical (unpaired) electrons. The molecule has 0 aromatic carbocycles. The van der Waals surface area contributed by atoms with E-state index in [0.29, 0.717) is 5.69 Å². The molecule has 0 saturated heterocycles. The van der Waals surface area contributed by atoms with Gasteiger partial charge in [-0.2, -0.15) is 5.10 Å². The standard InChI is InChI=1S/C11H17N3O4/c1-4-18-9(11(16)17)7-14-10(15)5-8(6-12-14)13(2)3/h5-6,9H,4,7H2,1-3H3,(H,16,17). The van der Waals surface area contributed by atoms with Crippen LogP contribution in [0.3, 0.4) is 0 Å². The number of carboxylic acid groups (broad SMARTS) is 1. The van der Waals surface area contributed by atoms with Gasteiger partial charge in [0.25, 0.3) is 5.56 Å². The summed E-state index contributed by atoms with van der Waals surface area (Å²) >= 11 is 0. The smallest absolute Gasteiger partial charge is 0.334 e. The Kier molecular flexibility index (Phi) is 4.85. The largest absolute Gasteiger partial charge is 0.479 e. The number of aromatic nitrogens is 2. The number of ether oxygens (including phenoxy) is 1. The van der Waals surface area contributed by atoms with E-state index in [4.69, 9.17) is 9.84 Å². The molecule has 7 heteroatoms. The molecule has 1 N–H and O–H groups in total. The third-order valence-electron chi connectivity index (χ3n) is 2.35. The van der Waals surface area contributed by atoms with Gasteiger partial charge in [-0.25, -0.2) is 9.48 Å². The van der Waals surface area contributed by atoms with Crippen LogP contribution >= 0.6 is 0 Å². The van der Waals surface area contributed by atoms with Crippen LogP contribution in [0.4, 0.5) is 5.69 Å². The molecule has 1 heterocycles. The number of anilines is 1. The summed E-state index contributed by atoms with van der Waals surface area (Å²) in [6.45, 7) is 1.86. The summed E-state index contributed by atoms with van der Waals surface area (Å²) in [5.41, 5.74) is 0.312. The van der Waals surface area contributed by atoms with Gasteiger partial charge in [-0.1, -0.05) is 0 Å². The number of aliphatic carboxylic acids is 1. The zero-order valence-electron chi connectivity index (χ0n) is 10.7. The lowest BCUT2D eigenvalue weighted by molar-refractivity contribution is -0.151. The van der Waals surface area contributed by atoms with Crippen LogP contribution in [0.25, 0.3) is 0 Å². The Hall–Kier alpha value is -1.89. The van der Waals surface area contributed by atoms with Gasteiger partial charge < -0.3 is 14.7 Å². The predicted molar refractivity (Wildman–Crippen MR) is 65.9 cm³/mol. The summed E-state index contributed by atoms with van der Waals surface area (Å²) in [7, 11) is 3.59. The van der Waals surface area contributed by atoms with Crippen molar-refractivity contribution in [1.29, 1.82) is 0 Å². The minimum Gasteiger partial charge on any atom is -0.479 e. The molecule has 18 heavy (non-hydrogen) atoms.